The summed E-state index contributed by atoms with van der Waals surface area (Å²) < 4.78 is 7.30. The van der Waals surface area contributed by atoms with Crippen LogP contribution in [0.15, 0.2) is 66.0 Å². The van der Waals surface area contributed by atoms with E-state index in [4.69, 9.17) is 16.3 Å². The molecule has 1 atom stereocenters. The van der Waals surface area contributed by atoms with Crippen molar-refractivity contribution in [2.24, 2.45) is 0 Å². The Morgan fingerprint density at radius 2 is 1.94 bits per heavy atom. The molecule has 8 heteroatoms. The van der Waals surface area contributed by atoms with Crippen molar-refractivity contribution in [2.45, 2.75) is 32.2 Å². The fourth-order valence-electron chi connectivity index (χ4n) is 4.38. The molecule has 1 aliphatic heterocycles. The van der Waals surface area contributed by atoms with Crippen LogP contribution in [0.1, 0.15) is 48.1 Å². The summed E-state index contributed by atoms with van der Waals surface area (Å²) in [6.45, 7) is 2.51. The van der Waals surface area contributed by atoms with Crippen molar-refractivity contribution in [1.82, 2.24) is 9.78 Å². The summed E-state index contributed by atoms with van der Waals surface area (Å²) in [6, 6.07) is 14.2. The van der Waals surface area contributed by atoms with Crippen molar-refractivity contribution in [3.05, 3.63) is 82.1 Å². The van der Waals surface area contributed by atoms with E-state index < -0.39 is 6.04 Å². The van der Waals surface area contributed by atoms with Crippen LogP contribution in [0.2, 0.25) is 5.02 Å². The highest BCUT2D eigenvalue weighted by Gasteiger charge is 2.37. The fraction of sp³-hybridized carbons (Fsp3) is 0.240. The van der Waals surface area contributed by atoms with Gasteiger partial charge in [0, 0.05) is 28.4 Å². The molecule has 0 fully saturated rings. The van der Waals surface area contributed by atoms with E-state index in [1.54, 1.807) is 28.9 Å². The maximum Gasteiger partial charge on any atom is 0.261 e. The van der Waals surface area contributed by atoms with Crippen LogP contribution in [0, 0.1) is 0 Å². The van der Waals surface area contributed by atoms with E-state index in [1.165, 1.54) is 6.20 Å². The number of Topliss-reactive ketones (excluding diaryl/α,β-unsaturated/α-hetero) is 1. The molecule has 0 saturated heterocycles. The average molecular weight is 463 g/mol. The third-order valence-corrected chi connectivity index (χ3v) is 6.14. The van der Waals surface area contributed by atoms with Gasteiger partial charge in [-0.2, -0.15) is 5.10 Å². The molecule has 0 radical (unpaired) electrons. The van der Waals surface area contributed by atoms with Crippen LogP contribution in [0.4, 0.5) is 11.5 Å². The number of amides is 1. The Morgan fingerprint density at radius 3 is 2.67 bits per heavy atom. The molecule has 2 aliphatic rings. The van der Waals surface area contributed by atoms with Crippen molar-refractivity contribution >= 4 is 34.8 Å². The number of halogens is 1. The van der Waals surface area contributed by atoms with Crippen LogP contribution in [0.5, 0.6) is 5.75 Å². The summed E-state index contributed by atoms with van der Waals surface area (Å²) in [6.07, 6.45) is 3.58. The Morgan fingerprint density at radius 1 is 1.18 bits per heavy atom. The second-order valence-electron chi connectivity index (χ2n) is 8.01. The lowest BCUT2D eigenvalue weighted by Crippen LogP contribution is -2.32. The molecule has 2 heterocycles. The number of nitrogens with zero attached hydrogens (tertiary/aromatic N) is 2. The van der Waals surface area contributed by atoms with Crippen molar-refractivity contribution in [3.63, 3.8) is 0 Å². The number of hydrogen-bond acceptors (Lipinski definition) is 5. The molecule has 1 unspecified atom stereocenters. The van der Waals surface area contributed by atoms with Crippen molar-refractivity contribution < 1.29 is 14.3 Å². The van der Waals surface area contributed by atoms with Crippen LogP contribution in [-0.2, 0) is 4.79 Å². The van der Waals surface area contributed by atoms with Crippen molar-refractivity contribution in [3.8, 4) is 5.75 Å². The monoisotopic (exact) mass is 462 g/mol. The van der Waals surface area contributed by atoms with Gasteiger partial charge in [0.1, 0.15) is 23.2 Å². The number of anilines is 2. The molecule has 1 aromatic heterocycles. The number of ether oxygens (including phenoxy) is 1. The number of nitrogens with one attached hydrogen (secondary N) is 2. The van der Waals surface area contributed by atoms with Crippen LogP contribution in [0.3, 0.4) is 0 Å². The quantitative estimate of drug-likeness (QED) is 0.543. The fourth-order valence-corrected chi connectivity index (χ4v) is 4.50. The number of benzene rings is 2. The number of rotatable bonds is 5. The van der Waals surface area contributed by atoms with E-state index in [-0.39, 0.29) is 11.7 Å². The summed E-state index contributed by atoms with van der Waals surface area (Å²) in [5.41, 5.74) is 3.53. The summed E-state index contributed by atoms with van der Waals surface area (Å²) in [5.74, 6) is 1.16. The number of fused-ring (bicyclic) bond motifs is 1. The zero-order valence-electron chi connectivity index (χ0n) is 18.1. The van der Waals surface area contributed by atoms with Crippen LogP contribution in [0.25, 0.3) is 0 Å². The van der Waals surface area contributed by atoms with E-state index in [0.717, 1.165) is 29.9 Å². The van der Waals surface area contributed by atoms with Gasteiger partial charge in [0.2, 0.25) is 0 Å². The molecular weight excluding hydrogens is 440 g/mol. The number of allylic oxidation sites excluding steroid dienone is 2. The second-order valence-corrected chi connectivity index (χ2v) is 8.45. The Kier molecular flexibility index (Phi) is 5.64. The van der Waals surface area contributed by atoms with E-state index in [1.807, 2.05) is 31.2 Å². The summed E-state index contributed by atoms with van der Waals surface area (Å²) >= 11 is 5.94. The van der Waals surface area contributed by atoms with Crippen LogP contribution in [-0.4, -0.2) is 28.1 Å². The Hall–Kier alpha value is -3.58. The van der Waals surface area contributed by atoms with Crippen molar-refractivity contribution in [2.75, 3.05) is 17.2 Å². The van der Waals surface area contributed by atoms with E-state index in [0.29, 0.717) is 40.7 Å². The van der Waals surface area contributed by atoms with Gasteiger partial charge in [0.25, 0.3) is 5.91 Å². The molecule has 1 amide bonds. The minimum Gasteiger partial charge on any atom is -0.494 e. The van der Waals surface area contributed by atoms with Gasteiger partial charge < -0.3 is 15.4 Å². The molecule has 2 N–H and O–H groups in total. The molecule has 1 aliphatic carbocycles. The summed E-state index contributed by atoms with van der Waals surface area (Å²) in [4.78, 5) is 26.0. The average Bonchev–Trinajstić information content (AvgIpc) is 3.24. The SMILES string of the molecule is CCOc1ccc(C2C3=C(CCCC3=O)Nc3c(C(=O)Nc4ccc(Cl)cc4)cnn32)cc1. The highest BCUT2D eigenvalue weighted by molar-refractivity contribution is 6.30. The zero-order chi connectivity index (χ0) is 22.9. The Balaban J connectivity index is 1.53. The topological polar surface area (TPSA) is 85.2 Å². The van der Waals surface area contributed by atoms with Gasteiger partial charge in [-0.1, -0.05) is 23.7 Å². The summed E-state index contributed by atoms with van der Waals surface area (Å²) in [5, 5.41) is 11.4. The lowest BCUT2D eigenvalue weighted by Gasteiger charge is -2.33. The lowest BCUT2D eigenvalue weighted by molar-refractivity contribution is -0.116. The maximum atomic E-state index is 13.1. The van der Waals surface area contributed by atoms with E-state index in [2.05, 4.69) is 15.7 Å². The predicted octanol–water partition coefficient (Wildman–Crippen LogP) is 5.21. The number of carbonyl (C=O) groups excluding carboxylic acids is 2. The van der Waals surface area contributed by atoms with Gasteiger partial charge in [0.05, 0.1) is 12.8 Å². The molecule has 2 aromatic carbocycles. The highest BCUT2D eigenvalue weighted by atomic mass is 35.5. The van der Waals surface area contributed by atoms with E-state index in [9.17, 15) is 9.59 Å². The molecular formula is C25H23ClN4O3. The smallest absolute Gasteiger partial charge is 0.261 e. The molecule has 5 rings (SSSR count). The normalized spacial score (nSPS) is 17.2. The van der Waals surface area contributed by atoms with Gasteiger partial charge in [-0.05, 0) is 61.7 Å². The third kappa shape index (κ3) is 4.00. The molecule has 0 bridgehead atoms. The maximum absolute atomic E-state index is 13.1. The van der Waals surface area contributed by atoms with Crippen LogP contribution >= 0.6 is 11.6 Å². The Bertz CT molecular complexity index is 1250. The van der Waals surface area contributed by atoms with Crippen molar-refractivity contribution in [1.29, 1.82) is 0 Å². The summed E-state index contributed by atoms with van der Waals surface area (Å²) in [7, 11) is 0. The van der Waals surface area contributed by atoms with Gasteiger partial charge in [-0.25, -0.2) is 4.68 Å². The van der Waals surface area contributed by atoms with E-state index >= 15 is 0 Å². The van der Waals surface area contributed by atoms with Gasteiger partial charge >= 0.3 is 0 Å². The predicted molar refractivity (Wildman–Crippen MR) is 127 cm³/mol. The standard InChI is InChI=1S/C25H23ClN4O3/c1-2-33-18-12-6-15(7-13-18)23-22-20(4-3-5-21(22)31)29-24-19(14-27-30(23)24)25(32)28-17-10-8-16(26)9-11-17/h6-14,23,29H,2-5H2,1H3,(H,28,32). The zero-order valence-corrected chi connectivity index (χ0v) is 18.9. The first-order valence-electron chi connectivity index (χ1n) is 11.0. The van der Waals surface area contributed by atoms with Gasteiger partial charge in [-0.15, -0.1) is 0 Å². The second kappa shape index (κ2) is 8.75. The molecule has 3 aromatic rings. The van der Waals surface area contributed by atoms with Crippen LogP contribution < -0.4 is 15.4 Å². The largest absolute Gasteiger partial charge is 0.494 e. The number of carbonyl (C=O) groups is 2. The third-order valence-electron chi connectivity index (χ3n) is 5.89. The number of hydrogen-bond donors (Lipinski definition) is 2. The first-order valence-corrected chi connectivity index (χ1v) is 11.3. The molecule has 168 valence electrons. The number of aromatic nitrogens is 2. The van der Waals surface area contributed by atoms with Gasteiger partial charge in [-0.3, -0.25) is 9.59 Å². The molecule has 7 nitrogen and oxygen atoms in total. The minimum atomic E-state index is -0.406. The molecule has 0 saturated carbocycles. The first kappa shape index (κ1) is 21.3. The molecule has 33 heavy (non-hydrogen) atoms. The minimum absolute atomic E-state index is 0.107. The Labute approximate surface area is 196 Å². The lowest BCUT2D eigenvalue weighted by atomic mass is 9.85. The van der Waals surface area contributed by atoms with Gasteiger partial charge in [0.15, 0.2) is 5.78 Å². The first-order chi connectivity index (χ1) is 16.0. The highest BCUT2D eigenvalue weighted by Crippen LogP contribution is 2.41. The number of ketones is 1. The molecule has 0 spiro atoms.